The summed E-state index contributed by atoms with van der Waals surface area (Å²) in [5.74, 6) is -1.14. The lowest BCUT2D eigenvalue weighted by atomic mass is 10.0. The first kappa shape index (κ1) is 38.6. The number of hydrogen-bond acceptors (Lipinski definition) is 2. The predicted octanol–water partition coefficient (Wildman–Crippen LogP) is 13.3. The van der Waals surface area contributed by atoms with Gasteiger partial charge in [0.25, 0.3) is 0 Å². The van der Waals surface area contributed by atoms with E-state index in [0.29, 0.717) is 57.1 Å². The highest BCUT2D eigenvalue weighted by Gasteiger charge is 2.10. The molecule has 0 aliphatic rings. The van der Waals surface area contributed by atoms with Gasteiger partial charge in [-0.05, 0) is 105 Å². The van der Waals surface area contributed by atoms with Crippen molar-refractivity contribution >= 4 is 109 Å². The number of anilines is 2. The van der Waals surface area contributed by atoms with Gasteiger partial charge < -0.3 is 10.6 Å². The molecular weight excluding hydrogens is 799 g/mol. The van der Waals surface area contributed by atoms with Gasteiger partial charge in [-0.3, -0.25) is 9.59 Å². The standard InChI is InChI=1S/C14H10Cl2FNO.C12H6Cl4.C8H7BrFNO/c1-8(19)18-14-5-3-10(17)7-11(14)9-2-4-12(15)13(16)6-9;13-9-3-1-7(5-11(9)15)8-2-4-10(14)12(16)6-8;1-5(12)11-8-3-2-6(10)4-7(8)9/h2-7H,1H3,(H,18,19);1-6H;2-4H,1H3,(H,11,12). The Balaban J connectivity index is 0.000000197. The average molecular weight is 822 g/mol. The van der Waals surface area contributed by atoms with Gasteiger partial charge in [-0.2, -0.15) is 0 Å². The molecule has 0 heterocycles. The summed E-state index contributed by atoms with van der Waals surface area (Å²) in [6, 6.07) is 24.0. The van der Waals surface area contributed by atoms with Crippen molar-refractivity contribution in [1.82, 2.24) is 0 Å². The Morgan fingerprint density at radius 1 is 0.511 bits per heavy atom. The first-order valence-electron chi connectivity index (χ1n) is 13.3. The van der Waals surface area contributed by atoms with Crippen molar-refractivity contribution < 1.29 is 18.4 Å². The maximum absolute atomic E-state index is 13.4. The molecule has 2 N–H and O–H groups in total. The molecule has 244 valence electrons. The highest BCUT2D eigenvalue weighted by atomic mass is 79.9. The van der Waals surface area contributed by atoms with Crippen molar-refractivity contribution in [2.45, 2.75) is 13.8 Å². The van der Waals surface area contributed by atoms with E-state index in [1.54, 1.807) is 42.5 Å². The molecule has 13 heteroatoms. The Hall–Kier alpha value is -2.88. The van der Waals surface area contributed by atoms with Crippen molar-refractivity contribution in [2.24, 2.45) is 0 Å². The second-order valence-corrected chi connectivity index (χ2v) is 12.9. The molecule has 0 saturated carbocycles. The fraction of sp³-hybridized carbons (Fsp3) is 0.0588. The van der Waals surface area contributed by atoms with Crippen molar-refractivity contribution in [3.8, 4) is 22.3 Å². The Bertz CT molecular complexity index is 1880. The summed E-state index contributed by atoms with van der Waals surface area (Å²) >= 11 is 38.5. The topological polar surface area (TPSA) is 58.2 Å². The average Bonchev–Trinajstić information content (AvgIpc) is 3.00. The summed E-state index contributed by atoms with van der Waals surface area (Å²) < 4.78 is 26.5. The van der Waals surface area contributed by atoms with Gasteiger partial charge in [-0.15, -0.1) is 0 Å². The number of nitrogens with one attached hydrogen (secondary N) is 2. The lowest BCUT2D eigenvalue weighted by Gasteiger charge is -2.11. The highest BCUT2D eigenvalue weighted by Crippen LogP contribution is 2.34. The van der Waals surface area contributed by atoms with E-state index in [1.807, 2.05) is 12.1 Å². The zero-order valence-corrected chi connectivity index (χ0v) is 30.5. The molecule has 0 spiro atoms. The van der Waals surface area contributed by atoms with Crippen molar-refractivity contribution in [3.63, 3.8) is 0 Å². The largest absolute Gasteiger partial charge is 0.326 e. The van der Waals surface area contributed by atoms with Crippen LogP contribution in [-0.4, -0.2) is 11.8 Å². The Morgan fingerprint density at radius 3 is 1.32 bits per heavy atom. The van der Waals surface area contributed by atoms with Crippen LogP contribution < -0.4 is 10.6 Å². The fourth-order valence-electron chi connectivity index (χ4n) is 3.85. The van der Waals surface area contributed by atoms with Crippen molar-refractivity contribution in [3.05, 3.63) is 137 Å². The fourth-order valence-corrected chi connectivity index (χ4v) is 5.19. The summed E-state index contributed by atoms with van der Waals surface area (Å²) in [6.45, 7) is 2.79. The van der Waals surface area contributed by atoms with Gasteiger partial charge in [0.05, 0.1) is 35.8 Å². The SMILES string of the molecule is CC(=O)Nc1ccc(F)cc1-c1ccc(Cl)c(Cl)c1.CC(=O)Nc1ccc(F)cc1Br.Clc1ccc(-c2ccc(Cl)c(Cl)c2)cc1Cl. The van der Waals surface area contributed by atoms with E-state index < -0.39 is 5.82 Å². The van der Waals surface area contributed by atoms with Crippen LogP contribution in [0, 0.1) is 11.6 Å². The summed E-state index contributed by atoms with van der Waals surface area (Å²) in [5.41, 5.74) is 4.23. The quantitative estimate of drug-likeness (QED) is 0.190. The molecule has 0 fully saturated rings. The molecule has 0 radical (unpaired) electrons. The van der Waals surface area contributed by atoms with E-state index in [4.69, 9.17) is 69.6 Å². The molecule has 0 aliphatic heterocycles. The van der Waals surface area contributed by atoms with E-state index in [0.717, 1.165) is 11.1 Å². The maximum Gasteiger partial charge on any atom is 0.221 e. The number of benzene rings is 5. The normalized spacial score (nSPS) is 10.2. The number of amides is 2. The first-order valence-corrected chi connectivity index (χ1v) is 16.4. The highest BCUT2D eigenvalue weighted by molar-refractivity contribution is 9.10. The van der Waals surface area contributed by atoms with E-state index >= 15 is 0 Å². The maximum atomic E-state index is 13.4. The Kier molecular flexibility index (Phi) is 14.8. The molecule has 0 unspecified atom stereocenters. The van der Waals surface area contributed by atoms with Crippen LogP contribution in [0.1, 0.15) is 13.8 Å². The van der Waals surface area contributed by atoms with Crippen LogP contribution in [0.3, 0.4) is 0 Å². The molecule has 0 bridgehead atoms. The van der Waals surface area contributed by atoms with Gasteiger partial charge in [0.2, 0.25) is 11.8 Å². The van der Waals surface area contributed by atoms with Crippen LogP contribution in [0.4, 0.5) is 20.2 Å². The third kappa shape index (κ3) is 11.9. The lowest BCUT2D eigenvalue weighted by Crippen LogP contribution is -2.07. The molecule has 2 amide bonds. The summed E-state index contributed by atoms with van der Waals surface area (Å²) in [4.78, 5) is 21.8. The molecule has 47 heavy (non-hydrogen) atoms. The van der Waals surface area contributed by atoms with Gasteiger partial charge in [0.15, 0.2) is 0 Å². The molecule has 0 aliphatic carbocycles. The van der Waals surface area contributed by atoms with E-state index in [1.165, 1.54) is 50.2 Å². The Labute approximate surface area is 309 Å². The van der Waals surface area contributed by atoms with Gasteiger partial charge >= 0.3 is 0 Å². The third-order valence-corrected chi connectivity index (χ3v) is 8.81. The van der Waals surface area contributed by atoms with Crippen LogP contribution in [0.25, 0.3) is 22.3 Å². The zero-order valence-electron chi connectivity index (χ0n) is 24.4. The van der Waals surface area contributed by atoms with Crippen molar-refractivity contribution in [1.29, 1.82) is 0 Å². The number of hydrogen-bond donors (Lipinski definition) is 2. The number of carbonyl (C=O) groups is 2. The van der Waals surface area contributed by atoms with Crippen LogP contribution in [0.5, 0.6) is 0 Å². The van der Waals surface area contributed by atoms with Crippen LogP contribution in [0.2, 0.25) is 30.1 Å². The van der Waals surface area contributed by atoms with Gasteiger partial charge in [0.1, 0.15) is 11.6 Å². The second kappa shape index (κ2) is 18.0. The number of carbonyl (C=O) groups excluding carboxylic acids is 2. The molecule has 0 aromatic heterocycles. The minimum atomic E-state index is -0.393. The molecule has 0 saturated heterocycles. The van der Waals surface area contributed by atoms with Crippen LogP contribution in [0.15, 0.2) is 95.5 Å². The smallest absolute Gasteiger partial charge is 0.221 e. The zero-order chi connectivity index (χ0) is 34.8. The number of rotatable bonds is 4. The lowest BCUT2D eigenvalue weighted by molar-refractivity contribution is -0.115. The molecule has 5 aromatic carbocycles. The van der Waals surface area contributed by atoms with Crippen LogP contribution in [-0.2, 0) is 9.59 Å². The van der Waals surface area contributed by atoms with Crippen molar-refractivity contribution in [2.75, 3.05) is 10.6 Å². The molecule has 5 aromatic rings. The minimum Gasteiger partial charge on any atom is -0.326 e. The van der Waals surface area contributed by atoms with Gasteiger partial charge in [-0.25, -0.2) is 8.78 Å². The summed E-state index contributed by atoms with van der Waals surface area (Å²) in [5, 5.41) is 8.09. The third-order valence-electron chi connectivity index (χ3n) is 5.94. The van der Waals surface area contributed by atoms with E-state index in [2.05, 4.69) is 26.6 Å². The molecule has 4 nitrogen and oxygen atoms in total. The van der Waals surface area contributed by atoms with E-state index in [9.17, 15) is 18.4 Å². The van der Waals surface area contributed by atoms with Gasteiger partial charge in [-0.1, -0.05) is 87.8 Å². The monoisotopic (exact) mass is 818 g/mol. The summed E-state index contributed by atoms with van der Waals surface area (Å²) in [7, 11) is 0. The minimum absolute atomic E-state index is 0.178. The van der Waals surface area contributed by atoms with Crippen LogP contribution >= 0.6 is 85.5 Å². The molecule has 5 rings (SSSR count). The molecular formula is C34H23BrCl6F2N2O2. The first-order chi connectivity index (χ1) is 22.1. The summed E-state index contributed by atoms with van der Waals surface area (Å²) in [6.07, 6.45) is 0. The molecule has 0 atom stereocenters. The van der Waals surface area contributed by atoms with Gasteiger partial charge in [0, 0.05) is 29.6 Å². The van der Waals surface area contributed by atoms with E-state index in [-0.39, 0.29) is 17.6 Å². The predicted molar refractivity (Wildman–Crippen MR) is 196 cm³/mol. The number of halogens is 9. The Morgan fingerprint density at radius 2 is 0.894 bits per heavy atom. The second-order valence-electron chi connectivity index (χ2n) is 9.56.